The molecular weight excluding hydrogens is 254 g/mol. The number of carbonyl (C=O) groups is 2. The molecule has 1 aromatic carbocycles. The third-order valence-electron chi connectivity index (χ3n) is 3.54. The lowest BCUT2D eigenvalue weighted by Gasteiger charge is -2.21. The van der Waals surface area contributed by atoms with E-state index in [0.717, 1.165) is 17.1 Å². The number of pyridine rings is 1. The van der Waals surface area contributed by atoms with Crippen molar-refractivity contribution in [1.82, 2.24) is 4.98 Å². The Hall–Kier alpha value is -2.74. The molecule has 98 valence electrons. The number of fused-ring (bicyclic) bond motifs is 1. The van der Waals surface area contributed by atoms with Crippen molar-refractivity contribution in [3.8, 4) is 6.07 Å². The fourth-order valence-electron chi connectivity index (χ4n) is 2.57. The zero-order valence-electron chi connectivity index (χ0n) is 10.6. The van der Waals surface area contributed by atoms with E-state index in [1.165, 1.54) is 4.90 Å². The van der Waals surface area contributed by atoms with Crippen LogP contribution in [0, 0.1) is 11.3 Å². The van der Waals surface area contributed by atoms with Crippen LogP contribution in [0.25, 0.3) is 10.8 Å². The summed E-state index contributed by atoms with van der Waals surface area (Å²) in [6, 6.07) is 8.78. The first kappa shape index (κ1) is 12.3. The number of nitrogens with zero attached hydrogens (tertiary/aromatic N) is 3. The molecule has 1 saturated heterocycles. The highest BCUT2D eigenvalue weighted by molar-refractivity contribution is 6.02. The molecule has 0 spiro atoms. The molecule has 1 amide bonds. The molecule has 1 aliphatic heterocycles. The Morgan fingerprint density at radius 3 is 3.00 bits per heavy atom. The van der Waals surface area contributed by atoms with Gasteiger partial charge < -0.3 is 9.69 Å². The van der Waals surface area contributed by atoms with Crippen LogP contribution in [0.3, 0.4) is 0 Å². The summed E-state index contributed by atoms with van der Waals surface area (Å²) in [5.41, 5.74) is 1.04. The number of rotatable bonds is 2. The first-order chi connectivity index (χ1) is 9.74. The monoisotopic (exact) mass is 265 g/mol. The van der Waals surface area contributed by atoms with Gasteiger partial charge in [-0.25, -0.2) is 4.98 Å². The van der Waals surface area contributed by atoms with Gasteiger partial charge in [-0.15, -0.1) is 0 Å². The predicted molar refractivity (Wildman–Crippen MR) is 73.0 cm³/mol. The minimum atomic E-state index is -0.391. The Bertz CT molecular complexity index is 748. The van der Waals surface area contributed by atoms with E-state index in [4.69, 9.17) is 5.26 Å². The van der Waals surface area contributed by atoms with Crippen LogP contribution in [0.15, 0.2) is 30.5 Å². The summed E-state index contributed by atoms with van der Waals surface area (Å²) in [5.74, 6) is -0.0454. The molecule has 20 heavy (non-hydrogen) atoms. The largest absolute Gasteiger partial charge is 0.302 e. The van der Waals surface area contributed by atoms with Crippen molar-refractivity contribution < 1.29 is 9.59 Å². The first-order valence-corrected chi connectivity index (χ1v) is 6.31. The maximum Gasteiger partial charge on any atom is 0.227 e. The van der Waals surface area contributed by atoms with Gasteiger partial charge in [0, 0.05) is 23.7 Å². The van der Waals surface area contributed by atoms with E-state index in [1.807, 2.05) is 12.1 Å². The first-order valence-electron chi connectivity index (χ1n) is 6.31. The van der Waals surface area contributed by atoms with Crippen LogP contribution in [-0.2, 0) is 9.59 Å². The third-order valence-corrected chi connectivity index (χ3v) is 3.54. The molecule has 0 saturated carbocycles. The van der Waals surface area contributed by atoms with E-state index in [9.17, 15) is 9.59 Å². The molecule has 2 aromatic rings. The SMILES string of the molecule is N#Cc1nccc2cc(N3C(=O)CC[C@H]3C=O)ccc12. The molecule has 0 aliphatic carbocycles. The minimum Gasteiger partial charge on any atom is -0.302 e. The number of amides is 1. The highest BCUT2D eigenvalue weighted by Gasteiger charge is 2.31. The number of hydrogen-bond acceptors (Lipinski definition) is 4. The van der Waals surface area contributed by atoms with Crippen molar-refractivity contribution >= 4 is 28.7 Å². The molecule has 3 rings (SSSR count). The quantitative estimate of drug-likeness (QED) is 0.776. The van der Waals surface area contributed by atoms with Crippen molar-refractivity contribution in [2.45, 2.75) is 18.9 Å². The fraction of sp³-hybridized carbons (Fsp3) is 0.200. The predicted octanol–water partition coefficient (Wildman–Crippen LogP) is 1.80. The Kier molecular flexibility index (Phi) is 2.92. The smallest absolute Gasteiger partial charge is 0.227 e. The molecule has 1 aliphatic rings. The van der Waals surface area contributed by atoms with Crippen molar-refractivity contribution in [3.05, 3.63) is 36.2 Å². The zero-order valence-corrected chi connectivity index (χ0v) is 10.6. The summed E-state index contributed by atoms with van der Waals surface area (Å²) in [6.07, 6.45) is 3.32. The fourth-order valence-corrected chi connectivity index (χ4v) is 2.57. The van der Waals surface area contributed by atoms with E-state index >= 15 is 0 Å². The normalized spacial score (nSPS) is 18.2. The van der Waals surface area contributed by atoms with Crippen LogP contribution in [0.1, 0.15) is 18.5 Å². The van der Waals surface area contributed by atoms with E-state index < -0.39 is 6.04 Å². The second-order valence-corrected chi connectivity index (χ2v) is 4.68. The van der Waals surface area contributed by atoms with Crippen LogP contribution >= 0.6 is 0 Å². The third kappa shape index (κ3) is 1.82. The van der Waals surface area contributed by atoms with Gasteiger partial charge in [-0.3, -0.25) is 4.79 Å². The van der Waals surface area contributed by atoms with E-state index in [2.05, 4.69) is 4.98 Å². The van der Waals surface area contributed by atoms with Crippen molar-refractivity contribution in [2.75, 3.05) is 4.90 Å². The molecule has 2 heterocycles. The van der Waals surface area contributed by atoms with Gasteiger partial charge in [0.2, 0.25) is 5.91 Å². The van der Waals surface area contributed by atoms with E-state index in [-0.39, 0.29) is 5.91 Å². The van der Waals surface area contributed by atoms with Crippen LogP contribution in [-0.4, -0.2) is 23.2 Å². The van der Waals surface area contributed by atoms with Gasteiger partial charge in [0.25, 0.3) is 0 Å². The zero-order chi connectivity index (χ0) is 14.1. The Balaban J connectivity index is 2.12. The minimum absolute atomic E-state index is 0.0454. The molecular formula is C15H11N3O2. The number of hydrogen-bond donors (Lipinski definition) is 0. The van der Waals surface area contributed by atoms with Crippen LogP contribution in [0.4, 0.5) is 5.69 Å². The lowest BCUT2D eigenvalue weighted by molar-refractivity contribution is -0.118. The number of aldehydes is 1. The van der Waals surface area contributed by atoms with Gasteiger partial charge in [0.05, 0.1) is 6.04 Å². The van der Waals surface area contributed by atoms with Crippen molar-refractivity contribution in [2.24, 2.45) is 0 Å². The van der Waals surface area contributed by atoms with Crippen molar-refractivity contribution in [1.29, 1.82) is 5.26 Å². The van der Waals surface area contributed by atoms with Gasteiger partial charge in [0.15, 0.2) is 0 Å². The molecule has 5 heteroatoms. The second-order valence-electron chi connectivity index (χ2n) is 4.68. The molecule has 1 aromatic heterocycles. The maximum absolute atomic E-state index is 11.9. The van der Waals surface area contributed by atoms with Crippen molar-refractivity contribution in [3.63, 3.8) is 0 Å². The molecule has 1 fully saturated rings. The van der Waals surface area contributed by atoms with Gasteiger partial charge in [-0.2, -0.15) is 5.26 Å². The number of anilines is 1. The molecule has 1 atom stereocenters. The number of carbonyl (C=O) groups excluding carboxylic acids is 2. The Morgan fingerprint density at radius 2 is 2.25 bits per heavy atom. The van der Waals surface area contributed by atoms with Gasteiger partial charge in [0.1, 0.15) is 18.0 Å². The number of aromatic nitrogens is 1. The topological polar surface area (TPSA) is 74.1 Å². The highest BCUT2D eigenvalue weighted by atomic mass is 16.2. The van der Waals surface area contributed by atoms with Gasteiger partial charge in [-0.1, -0.05) is 0 Å². The summed E-state index contributed by atoms with van der Waals surface area (Å²) >= 11 is 0. The Morgan fingerprint density at radius 1 is 1.40 bits per heavy atom. The summed E-state index contributed by atoms with van der Waals surface area (Å²) in [6.45, 7) is 0. The average Bonchev–Trinajstić information content (AvgIpc) is 2.86. The second kappa shape index (κ2) is 4.74. The molecule has 0 radical (unpaired) electrons. The maximum atomic E-state index is 11.9. The molecule has 5 nitrogen and oxygen atoms in total. The van der Waals surface area contributed by atoms with Crippen LogP contribution in [0.5, 0.6) is 0 Å². The van der Waals surface area contributed by atoms with E-state index in [0.29, 0.717) is 24.2 Å². The lowest BCUT2D eigenvalue weighted by atomic mass is 10.1. The van der Waals surface area contributed by atoms with Gasteiger partial charge in [-0.05, 0) is 36.1 Å². The highest BCUT2D eigenvalue weighted by Crippen LogP contribution is 2.29. The summed E-state index contributed by atoms with van der Waals surface area (Å²) in [4.78, 5) is 28.5. The lowest BCUT2D eigenvalue weighted by Crippen LogP contribution is -2.33. The Labute approximate surface area is 115 Å². The average molecular weight is 265 g/mol. The van der Waals surface area contributed by atoms with E-state index in [1.54, 1.807) is 24.4 Å². The molecule has 0 N–H and O–H groups in total. The molecule has 0 bridgehead atoms. The number of benzene rings is 1. The van der Waals surface area contributed by atoms with Gasteiger partial charge >= 0.3 is 0 Å². The number of nitriles is 1. The summed E-state index contributed by atoms with van der Waals surface area (Å²) in [7, 11) is 0. The molecule has 0 unspecified atom stereocenters. The van der Waals surface area contributed by atoms with Crippen LogP contribution in [0.2, 0.25) is 0 Å². The standard InChI is InChI=1S/C15H11N3O2/c16-8-14-13-3-1-11(7-10(13)5-6-17-14)18-12(9-19)2-4-15(18)20/h1,3,5-7,9,12H,2,4H2/t12-/m0/s1. The summed E-state index contributed by atoms with van der Waals surface area (Å²) < 4.78 is 0. The summed E-state index contributed by atoms with van der Waals surface area (Å²) in [5, 5.41) is 10.6. The van der Waals surface area contributed by atoms with Crippen LogP contribution < -0.4 is 4.90 Å².